The average Bonchev–Trinajstić information content (AvgIpc) is 2.28. The van der Waals surface area contributed by atoms with Crippen LogP contribution in [0.5, 0.6) is 0 Å². The zero-order chi connectivity index (χ0) is 12.1. The van der Waals surface area contributed by atoms with Crippen molar-refractivity contribution < 1.29 is 4.79 Å². The number of hydrogen-bond donors (Lipinski definition) is 1. The summed E-state index contributed by atoms with van der Waals surface area (Å²) >= 11 is 11.4. The SMILES string of the molecule is CCN(C)C(=O)CNc1nc(Cl)ncc1Cl. The normalized spacial score (nSPS) is 10.0. The van der Waals surface area contributed by atoms with Gasteiger partial charge in [-0.05, 0) is 18.5 Å². The molecule has 0 aliphatic rings. The lowest BCUT2D eigenvalue weighted by Crippen LogP contribution is -2.32. The predicted octanol–water partition coefficient (Wildman–Crippen LogP) is 1.67. The minimum Gasteiger partial charge on any atom is -0.360 e. The van der Waals surface area contributed by atoms with Gasteiger partial charge >= 0.3 is 0 Å². The van der Waals surface area contributed by atoms with Crippen molar-refractivity contribution in [3.8, 4) is 0 Å². The number of likely N-dealkylation sites (N-methyl/N-ethyl adjacent to an activating group) is 1. The van der Waals surface area contributed by atoms with E-state index in [2.05, 4.69) is 15.3 Å². The van der Waals surface area contributed by atoms with Crippen LogP contribution in [-0.2, 0) is 4.79 Å². The predicted molar refractivity (Wildman–Crippen MR) is 63.9 cm³/mol. The molecule has 0 unspecified atom stereocenters. The Labute approximate surface area is 104 Å². The second-order valence-corrected chi connectivity index (χ2v) is 3.84. The fourth-order valence-corrected chi connectivity index (χ4v) is 1.23. The number of anilines is 1. The van der Waals surface area contributed by atoms with Crippen LogP contribution in [0.3, 0.4) is 0 Å². The summed E-state index contributed by atoms with van der Waals surface area (Å²) < 4.78 is 0. The highest BCUT2D eigenvalue weighted by Crippen LogP contribution is 2.18. The van der Waals surface area contributed by atoms with Gasteiger partial charge < -0.3 is 10.2 Å². The van der Waals surface area contributed by atoms with Crippen LogP contribution in [0.1, 0.15) is 6.92 Å². The van der Waals surface area contributed by atoms with Crippen molar-refractivity contribution in [2.75, 3.05) is 25.5 Å². The molecule has 0 radical (unpaired) electrons. The second-order valence-electron chi connectivity index (χ2n) is 3.10. The van der Waals surface area contributed by atoms with Crippen LogP contribution in [0.25, 0.3) is 0 Å². The highest BCUT2D eigenvalue weighted by Gasteiger charge is 2.09. The molecule has 88 valence electrons. The molecule has 1 aromatic heterocycles. The monoisotopic (exact) mass is 262 g/mol. The van der Waals surface area contributed by atoms with E-state index < -0.39 is 0 Å². The maximum Gasteiger partial charge on any atom is 0.241 e. The van der Waals surface area contributed by atoms with Gasteiger partial charge in [-0.15, -0.1) is 0 Å². The summed E-state index contributed by atoms with van der Waals surface area (Å²) in [5.74, 6) is 0.313. The number of nitrogens with one attached hydrogen (secondary N) is 1. The number of nitrogens with zero attached hydrogens (tertiary/aromatic N) is 3. The summed E-state index contributed by atoms with van der Waals surface area (Å²) in [7, 11) is 1.72. The first-order chi connectivity index (χ1) is 7.54. The van der Waals surface area contributed by atoms with Gasteiger partial charge in [0, 0.05) is 13.6 Å². The molecule has 0 aliphatic heterocycles. The Morgan fingerprint density at radius 2 is 2.25 bits per heavy atom. The minimum absolute atomic E-state index is 0.0479. The number of carbonyl (C=O) groups is 1. The van der Waals surface area contributed by atoms with Gasteiger partial charge in [0.25, 0.3) is 0 Å². The third-order valence-corrected chi connectivity index (χ3v) is 2.48. The summed E-state index contributed by atoms with van der Waals surface area (Å²) in [6.07, 6.45) is 1.38. The molecular formula is C9H12Cl2N4O. The maximum absolute atomic E-state index is 11.5. The highest BCUT2D eigenvalue weighted by molar-refractivity contribution is 6.33. The molecule has 1 rings (SSSR count). The van der Waals surface area contributed by atoms with Gasteiger partial charge in [0.1, 0.15) is 10.8 Å². The van der Waals surface area contributed by atoms with Crippen molar-refractivity contribution in [2.45, 2.75) is 6.92 Å². The number of halogens is 2. The smallest absolute Gasteiger partial charge is 0.241 e. The Hall–Kier alpha value is -1.07. The largest absolute Gasteiger partial charge is 0.360 e. The van der Waals surface area contributed by atoms with Gasteiger partial charge in [0.05, 0.1) is 12.7 Å². The van der Waals surface area contributed by atoms with Crippen LogP contribution in [0.4, 0.5) is 5.82 Å². The Morgan fingerprint density at radius 1 is 1.56 bits per heavy atom. The van der Waals surface area contributed by atoms with E-state index in [9.17, 15) is 4.79 Å². The number of amides is 1. The summed E-state index contributed by atoms with van der Waals surface area (Å²) in [6, 6.07) is 0. The maximum atomic E-state index is 11.5. The molecule has 1 heterocycles. The molecular weight excluding hydrogens is 251 g/mol. The van der Waals surface area contributed by atoms with Gasteiger partial charge in [-0.25, -0.2) is 4.98 Å². The Balaban J connectivity index is 2.61. The highest BCUT2D eigenvalue weighted by atomic mass is 35.5. The second kappa shape index (κ2) is 5.86. The van der Waals surface area contributed by atoms with E-state index >= 15 is 0 Å². The fraction of sp³-hybridized carbons (Fsp3) is 0.444. The summed E-state index contributed by atoms with van der Waals surface area (Å²) in [5, 5.41) is 3.23. The quantitative estimate of drug-likeness (QED) is 0.839. The van der Waals surface area contributed by atoms with Crippen molar-refractivity contribution in [3.63, 3.8) is 0 Å². The molecule has 0 aliphatic carbocycles. The summed E-state index contributed by atoms with van der Waals surface area (Å²) in [4.78, 5) is 20.6. The molecule has 16 heavy (non-hydrogen) atoms. The third kappa shape index (κ3) is 3.50. The first-order valence-electron chi connectivity index (χ1n) is 4.70. The van der Waals surface area contributed by atoms with E-state index in [1.807, 2.05) is 6.92 Å². The van der Waals surface area contributed by atoms with Crippen LogP contribution in [0, 0.1) is 0 Å². The lowest BCUT2D eigenvalue weighted by molar-refractivity contribution is -0.127. The molecule has 1 N–H and O–H groups in total. The van der Waals surface area contributed by atoms with Crippen LogP contribution >= 0.6 is 23.2 Å². The van der Waals surface area contributed by atoms with Crippen molar-refractivity contribution >= 4 is 34.9 Å². The van der Waals surface area contributed by atoms with Gasteiger partial charge in [0.15, 0.2) is 0 Å². The van der Waals surface area contributed by atoms with E-state index in [1.165, 1.54) is 6.20 Å². The molecule has 1 aromatic rings. The van der Waals surface area contributed by atoms with Gasteiger partial charge in [0.2, 0.25) is 11.2 Å². The molecule has 0 aromatic carbocycles. The molecule has 7 heteroatoms. The molecule has 0 fully saturated rings. The van der Waals surface area contributed by atoms with Gasteiger partial charge in [-0.3, -0.25) is 4.79 Å². The number of carbonyl (C=O) groups excluding carboxylic acids is 1. The van der Waals surface area contributed by atoms with E-state index in [1.54, 1.807) is 11.9 Å². The van der Waals surface area contributed by atoms with Crippen LogP contribution < -0.4 is 5.32 Å². The van der Waals surface area contributed by atoms with Gasteiger partial charge in [-0.1, -0.05) is 11.6 Å². The number of rotatable bonds is 4. The van der Waals surface area contributed by atoms with E-state index in [4.69, 9.17) is 23.2 Å². The zero-order valence-corrected chi connectivity index (χ0v) is 10.5. The zero-order valence-electron chi connectivity index (χ0n) is 9.00. The van der Waals surface area contributed by atoms with Crippen LogP contribution in [0.15, 0.2) is 6.20 Å². The number of aromatic nitrogens is 2. The van der Waals surface area contributed by atoms with Crippen LogP contribution in [0.2, 0.25) is 10.3 Å². The van der Waals surface area contributed by atoms with E-state index in [0.717, 1.165) is 0 Å². The Kier molecular flexibility index (Phi) is 4.76. The van der Waals surface area contributed by atoms with Crippen molar-refractivity contribution in [1.82, 2.24) is 14.9 Å². The molecule has 0 saturated heterocycles. The topological polar surface area (TPSA) is 58.1 Å². The van der Waals surface area contributed by atoms with Crippen molar-refractivity contribution in [1.29, 1.82) is 0 Å². The molecule has 0 bridgehead atoms. The summed E-state index contributed by atoms with van der Waals surface area (Å²) in [5.41, 5.74) is 0. The average molecular weight is 263 g/mol. The Bertz CT molecular complexity index is 386. The van der Waals surface area contributed by atoms with E-state index in [0.29, 0.717) is 17.4 Å². The molecule has 0 spiro atoms. The lowest BCUT2D eigenvalue weighted by atomic mass is 10.4. The third-order valence-electron chi connectivity index (χ3n) is 2.02. The standard InChI is InChI=1S/C9H12Cl2N4O/c1-3-15(2)7(16)5-12-8-6(10)4-13-9(11)14-8/h4H,3,5H2,1-2H3,(H,12,13,14). The van der Waals surface area contributed by atoms with E-state index in [-0.39, 0.29) is 17.7 Å². The molecule has 0 atom stereocenters. The fourth-order valence-electron chi connectivity index (χ4n) is 0.940. The van der Waals surface area contributed by atoms with Gasteiger partial charge in [-0.2, -0.15) is 4.98 Å². The van der Waals surface area contributed by atoms with Crippen LogP contribution in [-0.4, -0.2) is 40.9 Å². The lowest BCUT2D eigenvalue weighted by Gasteiger charge is -2.15. The summed E-state index contributed by atoms with van der Waals surface area (Å²) in [6.45, 7) is 2.67. The minimum atomic E-state index is -0.0479. The molecule has 5 nitrogen and oxygen atoms in total. The molecule has 0 saturated carbocycles. The first-order valence-corrected chi connectivity index (χ1v) is 5.46. The van der Waals surface area contributed by atoms with Crippen molar-refractivity contribution in [2.24, 2.45) is 0 Å². The van der Waals surface area contributed by atoms with Crippen molar-refractivity contribution in [3.05, 3.63) is 16.5 Å². The Morgan fingerprint density at radius 3 is 2.88 bits per heavy atom. The first kappa shape index (κ1) is 13.0. The number of hydrogen-bond acceptors (Lipinski definition) is 4. The molecule has 1 amide bonds.